The molecule has 0 radical (unpaired) electrons. The van der Waals surface area contributed by atoms with Crippen LogP contribution in [0.5, 0.6) is 0 Å². The molecule has 3 aromatic rings. The van der Waals surface area contributed by atoms with Gasteiger partial charge in [-0.2, -0.15) is 0 Å². The SMILES string of the molecule is CSc1nc2cc([N+](=O)[O-])ccc2c(=O)n1-c1ccccc1. The summed E-state index contributed by atoms with van der Waals surface area (Å²) in [4.78, 5) is 27.5. The number of benzene rings is 2. The van der Waals surface area contributed by atoms with E-state index in [1.807, 2.05) is 36.6 Å². The summed E-state index contributed by atoms with van der Waals surface area (Å²) >= 11 is 1.32. The number of hydrogen-bond donors (Lipinski definition) is 0. The molecule has 0 aliphatic carbocycles. The van der Waals surface area contributed by atoms with E-state index in [2.05, 4.69) is 4.98 Å². The molecule has 0 atom stereocenters. The maximum absolute atomic E-state index is 12.7. The fourth-order valence-electron chi connectivity index (χ4n) is 2.21. The average molecular weight is 313 g/mol. The minimum absolute atomic E-state index is 0.0797. The molecule has 0 aliphatic heterocycles. The lowest BCUT2D eigenvalue weighted by molar-refractivity contribution is -0.384. The Morgan fingerprint density at radius 2 is 1.91 bits per heavy atom. The second-order valence-electron chi connectivity index (χ2n) is 4.53. The Hall–Kier alpha value is -2.67. The van der Waals surface area contributed by atoms with Gasteiger partial charge in [-0.1, -0.05) is 30.0 Å². The molecule has 1 aromatic heterocycles. The highest BCUT2D eigenvalue weighted by molar-refractivity contribution is 7.98. The van der Waals surface area contributed by atoms with Gasteiger partial charge in [0, 0.05) is 12.1 Å². The van der Waals surface area contributed by atoms with Gasteiger partial charge >= 0.3 is 0 Å². The lowest BCUT2D eigenvalue weighted by Gasteiger charge is -2.11. The van der Waals surface area contributed by atoms with E-state index in [9.17, 15) is 14.9 Å². The fraction of sp³-hybridized carbons (Fsp3) is 0.0667. The van der Waals surface area contributed by atoms with E-state index in [-0.39, 0.29) is 11.2 Å². The predicted molar refractivity (Wildman–Crippen MR) is 85.8 cm³/mol. The highest BCUT2D eigenvalue weighted by Gasteiger charge is 2.15. The minimum atomic E-state index is -0.497. The Kier molecular flexibility index (Phi) is 3.64. The molecule has 3 rings (SSSR count). The molecular weight excluding hydrogens is 302 g/mol. The van der Waals surface area contributed by atoms with Crippen molar-refractivity contribution in [3.8, 4) is 5.69 Å². The molecule has 0 unspecified atom stereocenters. The predicted octanol–water partition coefficient (Wildman–Crippen LogP) is 3.02. The van der Waals surface area contributed by atoms with Gasteiger partial charge in [0.1, 0.15) is 0 Å². The van der Waals surface area contributed by atoms with E-state index in [1.165, 1.54) is 34.5 Å². The standard InChI is InChI=1S/C15H11N3O3S/c1-22-15-16-13-9-11(18(20)21)7-8-12(13)14(19)17(15)10-5-3-2-4-6-10/h2-9H,1H3. The van der Waals surface area contributed by atoms with Crippen LogP contribution in [-0.4, -0.2) is 20.7 Å². The van der Waals surface area contributed by atoms with Crippen molar-refractivity contribution in [2.24, 2.45) is 0 Å². The summed E-state index contributed by atoms with van der Waals surface area (Å²) in [5.74, 6) is 0. The third-order valence-electron chi connectivity index (χ3n) is 3.23. The molecule has 0 spiro atoms. The van der Waals surface area contributed by atoms with Crippen LogP contribution in [0.25, 0.3) is 16.6 Å². The van der Waals surface area contributed by atoms with E-state index in [1.54, 1.807) is 0 Å². The number of nitro groups is 1. The molecule has 2 aromatic carbocycles. The third kappa shape index (κ3) is 2.35. The van der Waals surface area contributed by atoms with Gasteiger partial charge in [-0.25, -0.2) is 4.98 Å². The van der Waals surface area contributed by atoms with Crippen LogP contribution < -0.4 is 5.56 Å². The summed E-state index contributed by atoms with van der Waals surface area (Å²) in [7, 11) is 0. The number of nitro benzene ring substituents is 1. The van der Waals surface area contributed by atoms with Gasteiger partial charge in [-0.15, -0.1) is 0 Å². The lowest BCUT2D eigenvalue weighted by atomic mass is 10.2. The molecule has 22 heavy (non-hydrogen) atoms. The number of thioether (sulfide) groups is 1. The molecule has 0 aliphatic rings. The van der Waals surface area contributed by atoms with Gasteiger partial charge < -0.3 is 0 Å². The van der Waals surface area contributed by atoms with Crippen LogP contribution in [0, 0.1) is 10.1 Å². The molecule has 7 heteroatoms. The Labute approximate surface area is 129 Å². The molecule has 0 N–H and O–H groups in total. The number of aromatic nitrogens is 2. The Morgan fingerprint density at radius 1 is 1.18 bits per heavy atom. The second kappa shape index (κ2) is 5.61. The monoisotopic (exact) mass is 313 g/mol. The van der Waals surface area contributed by atoms with Gasteiger partial charge in [0.25, 0.3) is 11.2 Å². The number of para-hydroxylation sites is 1. The molecule has 1 heterocycles. The van der Waals surface area contributed by atoms with Crippen molar-refractivity contribution in [1.29, 1.82) is 0 Å². The summed E-state index contributed by atoms with van der Waals surface area (Å²) in [6.07, 6.45) is 1.81. The number of nitrogens with zero attached hydrogens (tertiary/aromatic N) is 3. The molecule has 0 saturated heterocycles. The largest absolute Gasteiger partial charge is 0.271 e. The molecule has 110 valence electrons. The number of non-ortho nitro benzene ring substituents is 1. The van der Waals surface area contributed by atoms with Gasteiger partial charge in [-0.3, -0.25) is 19.5 Å². The smallest absolute Gasteiger partial charge is 0.268 e. The fourth-order valence-corrected chi connectivity index (χ4v) is 2.77. The molecule has 0 amide bonds. The van der Waals surface area contributed by atoms with Crippen LogP contribution in [0.1, 0.15) is 0 Å². The van der Waals surface area contributed by atoms with Crippen LogP contribution in [-0.2, 0) is 0 Å². The van der Waals surface area contributed by atoms with Crippen LogP contribution >= 0.6 is 11.8 Å². The summed E-state index contributed by atoms with van der Waals surface area (Å²) in [5, 5.41) is 11.7. The second-order valence-corrected chi connectivity index (χ2v) is 5.31. The molecule has 0 bridgehead atoms. The molecule has 6 nitrogen and oxygen atoms in total. The summed E-state index contributed by atoms with van der Waals surface area (Å²) < 4.78 is 1.51. The summed E-state index contributed by atoms with van der Waals surface area (Å²) in [5.41, 5.74) is 0.722. The Balaban J connectivity index is 2.35. The van der Waals surface area contributed by atoms with Gasteiger partial charge in [-0.05, 0) is 24.5 Å². The van der Waals surface area contributed by atoms with E-state index in [0.717, 1.165) is 0 Å². The van der Waals surface area contributed by atoms with E-state index in [0.29, 0.717) is 21.7 Å². The maximum atomic E-state index is 12.7. The zero-order valence-corrected chi connectivity index (χ0v) is 12.4. The zero-order chi connectivity index (χ0) is 15.7. The van der Waals surface area contributed by atoms with Crippen LogP contribution in [0.15, 0.2) is 58.5 Å². The van der Waals surface area contributed by atoms with E-state index < -0.39 is 4.92 Å². The van der Waals surface area contributed by atoms with Crippen molar-refractivity contribution in [2.45, 2.75) is 5.16 Å². The summed E-state index contributed by atoms with van der Waals surface area (Å²) in [6.45, 7) is 0. The zero-order valence-electron chi connectivity index (χ0n) is 11.6. The van der Waals surface area contributed by atoms with E-state index >= 15 is 0 Å². The number of hydrogen-bond acceptors (Lipinski definition) is 5. The topological polar surface area (TPSA) is 78.0 Å². The van der Waals surface area contributed by atoms with Crippen molar-refractivity contribution < 1.29 is 4.92 Å². The lowest BCUT2D eigenvalue weighted by Crippen LogP contribution is -2.21. The van der Waals surface area contributed by atoms with Crippen molar-refractivity contribution in [1.82, 2.24) is 9.55 Å². The van der Waals surface area contributed by atoms with E-state index in [4.69, 9.17) is 0 Å². The van der Waals surface area contributed by atoms with Crippen LogP contribution in [0.2, 0.25) is 0 Å². The van der Waals surface area contributed by atoms with Crippen molar-refractivity contribution in [2.75, 3.05) is 6.26 Å². The summed E-state index contributed by atoms with van der Waals surface area (Å²) in [6, 6.07) is 13.3. The van der Waals surface area contributed by atoms with Crippen LogP contribution in [0.3, 0.4) is 0 Å². The highest BCUT2D eigenvalue weighted by atomic mass is 32.2. The first-order chi connectivity index (χ1) is 10.6. The first-order valence-corrected chi connectivity index (χ1v) is 7.65. The number of fused-ring (bicyclic) bond motifs is 1. The average Bonchev–Trinajstić information content (AvgIpc) is 2.54. The quantitative estimate of drug-likeness (QED) is 0.321. The molecular formula is C15H11N3O3S. The van der Waals surface area contributed by atoms with Crippen LogP contribution in [0.4, 0.5) is 5.69 Å². The normalized spacial score (nSPS) is 10.8. The van der Waals surface area contributed by atoms with Crippen molar-refractivity contribution >= 4 is 28.4 Å². The number of rotatable bonds is 3. The highest BCUT2D eigenvalue weighted by Crippen LogP contribution is 2.22. The maximum Gasteiger partial charge on any atom is 0.271 e. The molecule has 0 fully saturated rings. The Morgan fingerprint density at radius 3 is 2.55 bits per heavy atom. The molecule has 0 saturated carbocycles. The van der Waals surface area contributed by atoms with Crippen molar-refractivity contribution in [3.05, 3.63) is 69.0 Å². The third-order valence-corrected chi connectivity index (χ3v) is 3.87. The first-order valence-electron chi connectivity index (χ1n) is 6.42. The Bertz CT molecular complexity index is 922. The van der Waals surface area contributed by atoms with Gasteiger partial charge in [0.05, 0.1) is 21.5 Å². The van der Waals surface area contributed by atoms with Gasteiger partial charge in [0.15, 0.2) is 5.16 Å². The van der Waals surface area contributed by atoms with Crippen molar-refractivity contribution in [3.63, 3.8) is 0 Å². The van der Waals surface area contributed by atoms with Gasteiger partial charge in [0.2, 0.25) is 0 Å². The minimum Gasteiger partial charge on any atom is -0.268 e. The first kappa shape index (κ1) is 14.3.